The second-order valence-electron chi connectivity index (χ2n) is 7.20. The zero-order chi connectivity index (χ0) is 23.9. The number of benzene rings is 3. The Balaban J connectivity index is 1.57. The van der Waals surface area contributed by atoms with E-state index in [4.69, 9.17) is 32.7 Å². The number of para-hydroxylation sites is 2. The number of hydrogen-bond donors (Lipinski definition) is 2. The fourth-order valence-electron chi connectivity index (χ4n) is 3.38. The van der Waals surface area contributed by atoms with Crippen molar-refractivity contribution in [1.29, 1.82) is 0 Å². The van der Waals surface area contributed by atoms with Crippen LogP contribution in [0.4, 0.5) is 17.3 Å². The molecule has 0 fully saturated rings. The first-order chi connectivity index (χ1) is 16.3. The summed E-state index contributed by atoms with van der Waals surface area (Å²) in [6, 6.07) is 15.3. The summed E-state index contributed by atoms with van der Waals surface area (Å²) in [4.78, 5) is 8.79. The molecular weight excluding hydrogens is 567 g/mol. The van der Waals surface area contributed by atoms with Gasteiger partial charge in [-0.1, -0.05) is 51.3 Å². The van der Waals surface area contributed by atoms with Gasteiger partial charge in [0, 0.05) is 16.2 Å². The first-order valence-electron chi connectivity index (χ1n) is 9.91. The topological polar surface area (TPSA) is 102 Å². The van der Waals surface area contributed by atoms with Crippen LogP contribution >= 0.6 is 39.1 Å². The van der Waals surface area contributed by atoms with Crippen LogP contribution in [0.15, 0.2) is 64.0 Å². The van der Waals surface area contributed by atoms with E-state index in [9.17, 15) is 8.42 Å². The molecule has 12 heteroatoms. The first-order valence-corrected chi connectivity index (χ1v) is 12.9. The van der Waals surface area contributed by atoms with Gasteiger partial charge in [-0.05, 0) is 36.4 Å². The Bertz CT molecular complexity index is 1510. The number of ether oxygens (including phenoxy) is 2. The zero-order valence-corrected chi connectivity index (χ0v) is 21.1. The highest BCUT2D eigenvalue weighted by Crippen LogP contribution is 2.37. The predicted octanol–water partition coefficient (Wildman–Crippen LogP) is 6.01. The minimum absolute atomic E-state index is 0.0244. The summed E-state index contributed by atoms with van der Waals surface area (Å²) in [5.74, 6) is 1.36. The van der Waals surface area contributed by atoms with Gasteiger partial charge in [-0.15, -0.1) is 0 Å². The van der Waals surface area contributed by atoms with Crippen LogP contribution in [0.3, 0.4) is 0 Å². The molecule has 0 atom stereocenters. The molecule has 174 valence electrons. The highest BCUT2D eigenvalue weighted by molar-refractivity contribution is 9.10. The van der Waals surface area contributed by atoms with Crippen molar-refractivity contribution >= 4 is 77.5 Å². The van der Waals surface area contributed by atoms with Gasteiger partial charge in [-0.2, -0.15) is 0 Å². The van der Waals surface area contributed by atoms with Crippen LogP contribution in [0.2, 0.25) is 10.0 Å². The van der Waals surface area contributed by atoms with E-state index in [-0.39, 0.29) is 26.6 Å². The predicted molar refractivity (Wildman–Crippen MR) is 135 cm³/mol. The Kier molecular flexibility index (Phi) is 6.15. The number of aromatic nitrogens is 2. The molecule has 1 aliphatic rings. The lowest BCUT2D eigenvalue weighted by molar-refractivity contribution is 0.171. The van der Waals surface area contributed by atoms with Gasteiger partial charge in [0.15, 0.2) is 23.1 Å². The number of halogens is 3. The van der Waals surface area contributed by atoms with Gasteiger partial charge >= 0.3 is 0 Å². The first kappa shape index (κ1) is 23.0. The van der Waals surface area contributed by atoms with Crippen molar-refractivity contribution in [3.05, 3.63) is 69.1 Å². The molecule has 8 nitrogen and oxygen atoms in total. The number of hydrogen-bond acceptors (Lipinski definition) is 7. The Labute approximate surface area is 213 Å². The van der Waals surface area contributed by atoms with Crippen LogP contribution < -0.4 is 19.5 Å². The van der Waals surface area contributed by atoms with Crippen LogP contribution in [0.25, 0.3) is 11.0 Å². The fourth-order valence-corrected chi connectivity index (χ4v) is 6.33. The lowest BCUT2D eigenvalue weighted by Gasteiger charge is -2.19. The molecule has 0 saturated heterocycles. The van der Waals surface area contributed by atoms with Gasteiger partial charge in [0.05, 0.1) is 21.1 Å². The van der Waals surface area contributed by atoms with Crippen LogP contribution in [0.5, 0.6) is 11.5 Å². The summed E-state index contributed by atoms with van der Waals surface area (Å²) in [5.41, 5.74) is 1.68. The molecule has 1 aliphatic heterocycles. The van der Waals surface area contributed by atoms with E-state index >= 15 is 0 Å². The molecule has 2 heterocycles. The van der Waals surface area contributed by atoms with Gasteiger partial charge in [0.2, 0.25) is 0 Å². The van der Waals surface area contributed by atoms with Crippen LogP contribution in [0, 0.1) is 0 Å². The lowest BCUT2D eigenvalue weighted by Crippen LogP contribution is -2.17. The molecule has 0 aliphatic carbocycles. The second-order valence-corrected chi connectivity index (χ2v) is 10.5. The third-order valence-corrected chi connectivity index (χ3v) is 7.56. The average Bonchev–Trinajstić information content (AvgIpc) is 2.78. The van der Waals surface area contributed by atoms with Crippen LogP contribution in [-0.4, -0.2) is 31.6 Å². The molecule has 0 saturated carbocycles. The molecule has 34 heavy (non-hydrogen) atoms. The van der Waals surface area contributed by atoms with Gasteiger partial charge in [0.1, 0.15) is 18.1 Å². The number of sulfonamides is 1. The lowest BCUT2D eigenvalue weighted by atomic mass is 10.2. The summed E-state index contributed by atoms with van der Waals surface area (Å²) < 4.78 is 40.7. The number of nitrogens with zero attached hydrogens (tertiary/aromatic N) is 2. The van der Waals surface area contributed by atoms with Gasteiger partial charge in [-0.25, -0.2) is 18.4 Å². The zero-order valence-electron chi connectivity index (χ0n) is 17.2. The van der Waals surface area contributed by atoms with Crippen molar-refractivity contribution < 1.29 is 17.9 Å². The SMILES string of the molecule is O=S(=O)(Nc1nc2ccccc2nc1Nc1ccc2c(c1)OCCO2)c1c(Cl)cc(Br)cc1Cl. The van der Waals surface area contributed by atoms with E-state index in [1.54, 1.807) is 36.4 Å². The summed E-state index contributed by atoms with van der Waals surface area (Å²) in [6.07, 6.45) is 0. The molecule has 0 unspecified atom stereocenters. The molecule has 3 aromatic carbocycles. The van der Waals surface area contributed by atoms with E-state index in [1.807, 2.05) is 6.07 Å². The third kappa shape index (κ3) is 4.58. The molecule has 0 radical (unpaired) electrons. The Hall–Kier alpha value is -2.79. The van der Waals surface area contributed by atoms with Crippen LogP contribution in [-0.2, 0) is 10.0 Å². The number of fused-ring (bicyclic) bond motifs is 2. The molecule has 4 aromatic rings. The van der Waals surface area contributed by atoms with Crippen molar-refractivity contribution in [3.63, 3.8) is 0 Å². The fraction of sp³-hybridized carbons (Fsp3) is 0.0909. The smallest absolute Gasteiger partial charge is 0.266 e. The summed E-state index contributed by atoms with van der Waals surface area (Å²) in [5, 5.41) is 3.04. The Morgan fingerprint density at radius 3 is 2.15 bits per heavy atom. The minimum Gasteiger partial charge on any atom is -0.486 e. The van der Waals surface area contributed by atoms with Crippen LogP contribution in [0.1, 0.15) is 0 Å². The van der Waals surface area contributed by atoms with Gasteiger partial charge in [-0.3, -0.25) is 4.72 Å². The van der Waals surface area contributed by atoms with Gasteiger partial charge < -0.3 is 14.8 Å². The molecule has 0 spiro atoms. The van der Waals surface area contributed by atoms with Crippen molar-refractivity contribution in [2.24, 2.45) is 0 Å². The second kappa shape index (κ2) is 9.10. The molecule has 2 N–H and O–H groups in total. The highest BCUT2D eigenvalue weighted by Gasteiger charge is 2.25. The van der Waals surface area contributed by atoms with Crippen molar-refractivity contribution in [1.82, 2.24) is 9.97 Å². The maximum absolute atomic E-state index is 13.3. The molecule has 0 bridgehead atoms. The largest absolute Gasteiger partial charge is 0.486 e. The highest BCUT2D eigenvalue weighted by atomic mass is 79.9. The third-order valence-electron chi connectivity index (χ3n) is 4.84. The molecule has 0 amide bonds. The van der Waals surface area contributed by atoms with Crippen molar-refractivity contribution in [2.75, 3.05) is 23.3 Å². The maximum Gasteiger partial charge on any atom is 0.266 e. The number of anilines is 3. The molecule has 1 aromatic heterocycles. The molecular formula is C22H15BrCl2N4O4S. The van der Waals surface area contributed by atoms with Crippen molar-refractivity contribution in [3.8, 4) is 11.5 Å². The minimum atomic E-state index is -4.21. The quantitative estimate of drug-likeness (QED) is 0.297. The summed E-state index contributed by atoms with van der Waals surface area (Å²) >= 11 is 15.7. The number of nitrogens with one attached hydrogen (secondary N) is 2. The Morgan fingerprint density at radius 1 is 0.853 bits per heavy atom. The van der Waals surface area contributed by atoms with E-state index in [1.165, 1.54) is 12.1 Å². The van der Waals surface area contributed by atoms with E-state index in [0.717, 1.165) is 0 Å². The van der Waals surface area contributed by atoms with Crippen molar-refractivity contribution in [2.45, 2.75) is 4.90 Å². The summed E-state index contributed by atoms with van der Waals surface area (Å²) in [6.45, 7) is 0.912. The molecule has 5 rings (SSSR count). The monoisotopic (exact) mass is 580 g/mol. The van der Waals surface area contributed by atoms with E-state index in [0.29, 0.717) is 45.9 Å². The van der Waals surface area contributed by atoms with Gasteiger partial charge in [0.25, 0.3) is 10.0 Å². The normalized spacial score (nSPS) is 13.0. The Morgan fingerprint density at radius 2 is 1.47 bits per heavy atom. The summed E-state index contributed by atoms with van der Waals surface area (Å²) in [7, 11) is -4.21. The standard InChI is InChI=1S/C22H15BrCl2N4O4S/c23-12-9-14(24)20(15(25)10-12)34(30,31)29-22-21(27-16-3-1-2-4-17(16)28-22)26-13-5-6-18-19(11-13)33-8-7-32-18/h1-6,9-11H,7-8H2,(H,26,27)(H,28,29). The van der Waals surface area contributed by atoms with E-state index in [2.05, 4.69) is 35.9 Å². The maximum atomic E-state index is 13.3. The number of rotatable bonds is 5. The van der Waals surface area contributed by atoms with E-state index < -0.39 is 10.0 Å². The average molecular weight is 582 g/mol.